The molecule has 1 heterocycles. The first kappa shape index (κ1) is 7.53. The fourth-order valence-electron chi connectivity index (χ4n) is 2.14. The van der Waals surface area contributed by atoms with Crippen LogP contribution in [-0.4, -0.2) is 30.7 Å². The number of hydrogen-bond acceptors (Lipinski definition) is 3. The monoisotopic (exact) mass is 158 g/mol. The summed E-state index contributed by atoms with van der Waals surface area (Å²) in [7, 11) is 0. The van der Waals surface area contributed by atoms with Gasteiger partial charge in [-0.3, -0.25) is 0 Å². The molecule has 1 N–H and O–H groups in total. The Morgan fingerprint density at radius 1 is 1.45 bits per heavy atom. The minimum Gasteiger partial charge on any atom is -0.396 e. The summed E-state index contributed by atoms with van der Waals surface area (Å²) in [6, 6.07) is 0. The first-order valence-corrected chi connectivity index (χ1v) is 4.17. The fourth-order valence-corrected chi connectivity index (χ4v) is 2.14. The summed E-state index contributed by atoms with van der Waals surface area (Å²) in [5.41, 5.74) is 0. The van der Waals surface area contributed by atoms with Crippen molar-refractivity contribution >= 4 is 0 Å². The zero-order valence-corrected chi connectivity index (χ0v) is 6.75. The Morgan fingerprint density at radius 3 is 2.55 bits per heavy atom. The van der Waals surface area contributed by atoms with Crippen molar-refractivity contribution in [2.75, 3.05) is 19.8 Å². The summed E-state index contributed by atoms with van der Waals surface area (Å²) in [5, 5.41) is 9.02. The van der Waals surface area contributed by atoms with Crippen molar-refractivity contribution in [1.29, 1.82) is 0 Å². The quantitative estimate of drug-likeness (QED) is 0.599. The Morgan fingerprint density at radius 2 is 2.09 bits per heavy atom. The van der Waals surface area contributed by atoms with Gasteiger partial charge < -0.3 is 14.6 Å². The Hall–Kier alpha value is -0.120. The van der Waals surface area contributed by atoms with Crippen molar-refractivity contribution in [2.24, 2.45) is 11.8 Å². The molecule has 0 amide bonds. The third-order valence-corrected chi connectivity index (χ3v) is 2.83. The molecule has 1 aliphatic carbocycles. The molecule has 1 spiro atoms. The molecule has 1 saturated heterocycles. The van der Waals surface area contributed by atoms with Crippen LogP contribution in [0.25, 0.3) is 0 Å². The Balaban J connectivity index is 2.04. The zero-order chi connectivity index (χ0) is 7.90. The fraction of sp³-hybridized carbons (Fsp3) is 1.00. The van der Waals surface area contributed by atoms with E-state index in [1.54, 1.807) is 0 Å². The van der Waals surface area contributed by atoms with Crippen molar-refractivity contribution in [3.05, 3.63) is 0 Å². The highest BCUT2D eigenvalue weighted by atomic mass is 16.7. The van der Waals surface area contributed by atoms with Crippen LogP contribution in [0.4, 0.5) is 0 Å². The lowest BCUT2D eigenvalue weighted by Gasteiger charge is -2.48. The van der Waals surface area contributed by atoms with E-state index in [-0.39, 0.29) is 12.5 Å². The molecule has 0 aromatic carbocycles. The molecule has 3 nitrogen and oxygen atoms in total. The SMILES string of the molecule is CC1CC2(OCCO2)C1CO. The molecule has 64 valence electrons. The van der Waals surface area contributed by atoms with E-state index in [4.69, 9.17) is 14.6 Å². The Kier molecular flexibility index (Phi) is 1.67. The second kappa shape index (κ2) is 2.44. The number of rotatable bonds is 1. The van der Waals surface area contributed by atoms with Gasteiger partial charge in [0.25, 0.3) is 0 Å². The van der Waals surface area contributed by atoms with Crippen LogP contribution in [0.15, 0.2) is 0 Å². The minimum absolute atomic E-state index is 0.182. The van der Waals surface area contributed by atoms with E-state index in [0.29, 0.717) is 19.1 Å². The summed E-state index contributed by atoms with van der Waals surface area (Å²) in [4.78, 5) is 0. The van der Waals surface area contributed by atoms with E-state index in [2.05, 4.69) is 6.92 Å². The van der Waals surface area contributed by atoms with E-state index in [1.165, 1.54) is 0 Å². The van der Waals surface area contributed by atoms with Crippen LogP contribution in [0.5, 0.6) is 0 Å². The van der Waals surface area contributed by atoms with Gasteiger partial charge in [0.05, 0.1) is 19.8 Å². The standard InChI is InChI=1S/C8H14O3/c1-6-4-8(7(6)5-9)10-2-3-11-8/h6-7,9H,2-5H2,1H3. The van der Waals surface area contributed by atoms with Gasteiger partial charge in [0.15, 0.2) is 5.79 Å². The molecule has 0 aromatic heterocycles. The molecule has 11 heavy (non-hydrogen) atoms. The van der Waals surface area contributed by atoms with Crippen molar-refractivity contribution < 1.29 is 14.6 Å². The molecule has 2 aliphatic rings. The number of hydrogen-bond donors (Lipinski definition) is 1. The summed E-state index contributed by atoms with van der Waals surface area (Å²) >= 11 is 0. The zero-order valence-electron chi connectivity index (χ0n) is 6.75. The normalized spacial score (nSPS) is 40.9. The predicted molar refractivity (Wildman–Crippen MR) is 39.0 cm³/mol. The molecule has 1 aliphatic heterocycles. The number of aliphatic hydroxyl groups is 1. The maximum Gasteiger partial charge on any atom is 0.173 e. The van der Waals surface area contributed by atoms with Crippen LogP contribution in [0, 0.1) is 11.8 Å². The topological polar surface area (TPSA) is 38.7 Å². The van der Waals surface area contributed by atoms with Gasteiger partial charge in [0.2, 0.25) is 0 Å². The Bertz CT molecular complexity index is 151. The lowest BCUT2D eigenvalue weighted by Crippen LogP contribution is -2.55. The molecule has 0 aromatic rings. The van der Waals surface area contributed by atoms with E-state index in [9.17, 15) is 0 Å². The van der Waals surface area contributed by atoms with Gasteiger partial charge in [-0.05, 0) is 5.92 Å². The predicted octanol–water partition coefficient (Wildman–Crippen LogP) is 0.378. The van der Waals surface area contributed by atoms with Crippen LogP contribution >= 0.6 is 0 Å². The smallest absolute Gasteiger partial charge is 0.173 e. The van der Waals surface area contributed by atoms with Crippen LogP contribution in [0.1, 0.15) is 13.3 Å². The van der Waals surface area contributed by atoms with Crippen molar-refractivity contribution in [2.45, 2.75) is 19.1 Å². The lowest BCUT2D eigenvalue weighted by molar-refractivity contribution is -0.279. The highest BCUT2D eigenvalue weighted by molar-refractivity contribution is 4.96. The first-order chi connectivity index (χ1) is 5.28. The maximum absolute atomic E-state index is 9.02. The highest BCUT2D eigenvalue weighted by Crippen LogP contribution is 2.48. The third kappa shape index (κ3) is 0.916. The molecule has 2 rings (SSSR count). The van der Waals surface area contributed by atoms with Gasteiger partial charge in [0, 0.05) is 12.3 Å². The molecule has 0 bridgehead atoms. The van der Waals surface area contributed by atoms with Crippen LogP contribution < -0.4 is 0 Å². The Labute approximate surface area is 66.3 Å². The van der Waals surface area contributed by atoms with Gasteiger partial charge in [-0.2, -0.15) is 0 Å². The molecule has 2 fully saturated rings. The largest absolute Gasteiger partial charge is 0.396 e. The van der Waals surface area contributed by atoms with Crippen molar-refractivity contribution in [3.8, 4) is 0 Å². The maximum atomic E-state index is 9.02. The molecule has 0 radical (unpaired) electrons. The van der Waals surface area contributed by atoms with Gasteiger partial charge in [-0.1, -0.05) is 6.92 Å². The van der Waals surface area contributed by atoms with Gasteiger partial charge in [-0.25, -0.2) is 0 Å². The molecule has 1 saturated carbocycles. The highest BCUT2D eigenvalue weighted by Gasteiger charge is 2.55. The van der Waals surface area contributed by atoms with E-state index in [0.717, 1.165) is 6.42 Å². The van der Waals surface area contributed by atoms with Gasteiger partial charge >= 0.3 is 0 Å². The molecular weight excluding hydrogens is 144 g/mol. The van der Waals surface area contributed by atoms with Gasteiger partial charge in [-0.15, -0.1) is 0 Å². The summed E-state index contributed by atoms with van der Waals surface area (Å²) in [6.07, 6.45) is 0.943. The molecule has 2 atom stereocenters. The average Bonchev–Trinajstić information content (AvgIpc) is 2.38. The summed E-state index contributed by atoms with van der Waals surface area (Å²) in [6.45, 7) is 3.67. The van der Waals surface area contributed by atoms with Crippen LogP contribution in [0.2, 0.25) is 0 Å². The molecular formula is C8H14O3. The second-order valence-electron chi connectivity index (χ2n) is 3.48. The van der Waals surface area contributed by atoms with Crippen LogP contribution in [0.3, 0.4) is 0 Å². The van der Waals surface area contributed by atoms with Crippen molar-refractivity contribution in [3.63, 3.8) is 0 Å². The van der Waals surface area contributed by atoms with E-state index < -0.39 is 5.79 Å². The molecule has 3 heteroatoms. The number of ether oxygens (including phenoxy) is 2. The first-order valence-electron chi connectivity index (χ1n) is 4.17. The lowest BCUT2D eigenvalue weighted by atomic mass is 9.69. The average molecular weight is 158 g/mol. The molecule has 2 unspecified atom stereocenters. The van der Waals surface area contributed by atoms with Gasteiger partial charge in [0.1, 0.15) is 0 Å². The number of aliphatic hydroxyl groups excluding tert-OH is 1. The van der Waals surface area contributed by atoms with E-state index >= 15 is 0 Å². The van der Waals surface area contributed by atoms with E-state index in [1.807, 2.05) is 0 Å². The van der Waals surface area contributed by atoms with Crippen LogP contribution in [-0.2, 0) is 9.47 Å². The second-order valence-corrected chi connectivity index (χ2v) is 3.48. The minimum atomic E-state index is -0.395. The van der Waals surface area contributed by atoms with Crippen molar-refractivity contribution in [1.82, 2.24) is 0 Å². The summed E-state index contributed by atoms with van der Waals surface area (Å²) in [5.74, 6) is 0.344. The third-order valence-electron chi connectivity index (χ3n) is 2.83. The summed E-state index contributed by atoms with van der Waals surface area (Å²) < 4.78 is 10.9.